The number of terminal acetylenes is 1. The molecule has 0 saturated heterocycles. The van der Waals surface area contributed by atoms with E-state index in [1.165, 1.54) is 12.3 Å². The molecule has 7 heteroatoms. The van der Waals surface area contributed by atoms with Gasteiger partial charge in [-0.3, -0.25) is 4.79 Å². The molecule has 1 rings (SSSR count). The predicted octanol–water partition coefficient (Wildman–Crippen LogP) is 1.59. The summed E-state index contributed by atoms with van der Waals surface area (Å²) >= 11 is 11.4. The minimum Gasteiger partial charge on any atom is -0.480 e. The maximum atomic E-state index is 11.8. The zero-order chi connectivity index (χ0) is 13.7. The third-order valence-corrected chi connectivity index (χ3v) is 2.50. The molecule has 18 heavy (non-hydrogen) atoms. The van der Waals surface area contributed by atoms with E-state index in [9.17, 15) is 9.59 Å². The van der Waals surface area contributed by atoms with Crippen LogP contribution in [0.15, 0.2) is 12.3 Å². The molecule has 0 aromatic carbocycles. The summed E-state index contributed by atoms with van der Waals surface area (Å²) in [6.45, 7) is 0. The van der Waals surface area contributed by atoms with E-state index < -0.39 is 17.9 Å². The van der Waals surface area contributed by atoms with E-state index in [1.807, 2.05) is 0 Å². The summed E-state index contributed by atoms with van der Waals surface area (Å²) in [4.78, 5) is 26.3. The average Bonchev–Trinajstić information content (AvgIpc) is 2.31. The number of nitrogens with zero attached hydrogens (tertiary/aromatic N) is 1. The second-order valence-corrected chi connectivity index (χ2v) is 4.05. The zero-order valence-corrected chi connectivity index (χ0v) is 10.5. The highest BCUT2D eigenvalue weighted by Gasteiger charge is 2.21. The van der Waals surface area contributed by atoms with E-state index in [2.05, 4.69) is 16.2 Å². The first-order chi connectivity index (χ1) is 8.45. The first-order valence-corrected chi connectivity index (χ1v) is 5.49. The Balaban J connectivity index is 2.91. The number of aliphatic carboxylic acids is 1. The zero-order valence-electron chi connectivity index (χ0n) is 8.98. The Morgan fingerprint density at radius 3 is 2.78 bits per heavy atom. The number of hydrogen-bond donors (Lipinski definition) is 2. The molecule has 0 radical (unpaired) electrons. The molecule has 1 unspecified atom stereocenters. The molecule has 1 atom stereocenters. The molecule has 5 nitrogen and oxygen atoms in total. The number of halogens is 2. The lowest BCUT2D eigenvalue weighted by Gasteiger charge is -2.12. The van der Waals surface area contributed by atoms with Crippen molar-refractivity contribution in [2.24, 2.45) is 0 Å². The third kappa shape index (κ3) is 3.62. The van der Waals surface area contributed by atoms with Gasteiger partial charge in [-0.05, 0) is 6.07 Å². The third-order valence-electron chi connectivity index (χ3n) is 1.99. The number of pyridine rings is 1. The van der Waals surface area contributed by atoms with Gasteiger partial charge in [0.25, 0.3) is 5.91 Å². The smallest absolute Gasteiger partial charge is 0.327 e. The average molecular weight is 287 g/mol. The second kappa shape index (κ2) is 6.24. The van der Waals surface area contributed by atoms with E-state index >= 15 is 0 Å². The summed E-state index contributed by atoms with van der Waals surface area (Å²) in [5.41, 5.74) is 0.0416. The maximum absolute atomic E-state index is 11.8. The predicted molar refractivity (Wildman–Crippen MR) is 66.6 cm³/mol. The van der Waals surface area contributed by atoms with Crippen molar-refractivity contribution in [3.8, 4) is 12.3 Å². The molecule has 0 saturated carbocycles. The molecule has 94 valence electrons. The van der Waals surface area contributed by atoms with E-state index in [4.69, 9.17) is 34.7 Å². The van der Waals surface area contributed by atoms with Gasteiger partial charge in [-0.1, -0.05) is 23.2 Å². The van der Waals surface area contributed by atoms with Crippen LogP contribution >= 0.6 is 23.2 Å². The Morgan fingerprint density at radius 2 is 2.22 bits per heavy atom. The van der Waals surface area contributed by atoms with Gasteiger partial charge in [-0.25, -0.2) is 9.78 Å². The molecule has 0 fully saturated rings. The van der Waals surface area contributed by atoms with Crippen LogP contribution in [0.4, 0.5) is 0 Å². The number of aromatic nitrogens is 1. The minimum atomic E-state index is -1.22. The normalized spacial score (nSPS) is 11.4. The monoisotopic (exact) mass is 286 g/mol. The highest BCUT2D eigenvalue weighted by Crippen LogP contribution is 2.18. The van der Waals surface area contributed by atoms with Gasteiger partial charge in [0.1, 0.15) is 11.2 Å². The molecule has 0 aliphatic carbocycles. The van der Waals surface area contributed by atoms with E-state index in [0.717, 1.165) is 0 Å². The Bertz CT molecular complexity index is 526. The van der Waals surface area contributed by atoms with Crippen LogP contribution < -0.4 is 5.32 Å². The lowest BCUT2D eigenvalue weighted by Crippen LogP contribution is -2.40. The van der Waals surface area contributed by atoms with Crippen molar-refractivity contribution in [3.05, 3.63) is 28.0 Å². The fraction of sp³-hybridized carbons (Fsp3) is 0.182. The number of nitrogens with one attached hydrogen (secondary N) is 1. The molecule has 1 aromatic heterocycles. The summed E-state index contributed by atoms with van der Waals surface area (Å²) in [7, 11) is 0. The summed E-state index contributed by atoms with van der Waals surface area (Å²) in [5, 5.41) is 11.2. The standard InChI is InChI=1S/C11H8Cl2N2O3/c1-2-3-8(11(17)18)15-10(16)6-4-9(13)14-5-7(6)12/h1,4-5,8H,3H2,(H,15,16)(H,17,18). The summed E-state index contributed by atoms with van der Waals surface area (Å²) in [5.74, 6) is 0.266. The number of rotatable bonds is 4. The lowest BCUT2D eigenvalue weighted by molar-refractivity contribution is -0.139. The number of amides is 1. The first-order valence-electron chi connectivity index (χ1n) is 4.74. The quantitative estimate of drug-likeness (QED) is 0.651. The van der Waals surface area contributed by atoms with Crippen LogP contribution in [0.25, 0.3) is 0 Å². The van der Waals surface area contributed by atoms with Crippen LogP contribution in [0.1, 0.15) is 16.8 Å². The maximum Gasteiger partial charge on any atom is 0.327 e. The van der Waals surface area contributed by atoms with Crippen molar-refractivity contribution >= 4 is 35.1 Å². The molecule has 0 spiro atoms. The van der Waals surface area contributed by atoms with E-state index in [1.54, 1.807) is 0 Å². The summed E-state index contributed by atoms with van der Waals surface area (Å²) in [6, 6.07) is 0.0686. The van der Waals surface area contributed by atoms with Crippen molar-refractivity contribution in [1.82, 2.24) is 10.3 Å². The molecular weight excluding hydrogens is 279 g/mol. The van der Waals surface area contributed by atoms with Gasteiger partial charge < -0.3 is 10.4 Å². The van der Waals surface area contributed by atoms with Gasteiger partial charge >= 0.3 is 5.97 Å². The van der Waals surface area contributed by atoms with Crippen molar-refractivity contribution < 1.29 is 14.7 Å². The summed E-state index contributed by atoms with van der Waals surface area (Å²) < 4.78 is 0. The van der Waals surface area contributed by atoms with Crippen molar-refractivity contribution in [2.75, 3.05) is 0 Å². The van der Waals surface area contributed by atoms with Crippen LogP contribution in [0.2, 0.25) is 10.2 Å². The minimum absolute atomic E-state index is 0.0416. The summed E-state index contributed by atoms with van der Waals surface area (Å²) in [6.07, 6.45) is 6.09. The molecule has 2 N–H and O–H groups in total. The van der Waals surface area contributed by atoms with Crippen LogP contribution in [0, 0.1) is 12.3 Å². The number of hydrogen-bond acceptors (Lipinski definition) is 3. The Labute approximate surface area is 113 Å². The molecular formula is C11H8Cl2N2O3. The van der Waals surface area contributed by atoms with Crippen LogP contribution in [-0.4, -0.2) is 28.0 Å². The van der Waals surface area contributed by atoms with Crippen molar-refractivity contribution in [2.45, 2.75) is 12.5 Å². The fourth-order valence-electron chi connectivity index (χ4n) is 1.14. The fourth-order valence-corrected chi connectivity index (χ4v) is 1.49. The van der Waals surface area contributed by atoms with Gasteiger partial charge in [0.05, 0.1) is 10.6 Å². The van der Waals surface area contributed by atoms with E-state index in [-0.39, 0.29) is 22.2 Å². The molecule has 1 amide bonds. The van der Waals surface area contributed by atoms with Crippen LogP contribution in [0.5, 0.6) is 0 Å². The highest BCUT2D eigenvalue weighted by molar-refractivity contribution is 6.35. The van der Waals surface area contributed by atoms with Gasteiger partial charge in [-0.15, -0.1) is 12.3 Å². The molecule has 0 aliphatic rings. The Kier molecular flexibility index (Phi) is 4.95. The SMILES string of the molecule is C#CCC(NC(=O)c1cc(Cl)ncc1Cl)C(=O)O. The van der Waals surface area contributed by atoms with Gasteiger partial charge in [0.15, 0.2) is 0 Å². The highest BCUT2D eigenvalue weighted by atomic mass is 35.5. The van der Waals surface area contributed by atoms with Gasteiger partial charge in [0, 0.05) is 12.6 Å². The molecule has 1 heterocycles. The molecule has 0 aliphatic heterocycles. The topological polar surface area (TPSA) is 79.3 Å². The van der Waals surface area contributed by atoms with Crippen molar-refractivity contribution in [1.29, 1.82) is 0 Å². The van der Waals surface area contributed by atoms with E-state index in [0.29, 0.717) is 0 Å². The van der Waals surface area contributed by atoms with Crippen LogP contribution in [0.3, 0.4) is 0 Å². The molecule has 0 bridgehead atoms. The number of carbonyl (C=O) groups excluding carboxylic acids is 1. The Morgan fingerprint density at radius 1 is 1.56 bits per heavy atom. The van der Waals surface area contributed by atoms with Gasteiger partial charge in [0.2, 0.25) is 0 Å². The second-order valence-electron chi connectivity index (χ2n) is 3.26. The number of carbonyl (C=O) groups is 2. The molecule has 1 aromatic rings. The Hall–Kier alpha value is -1.77. The lowest BCUT2D eigenvalue weighted by atomic mass is 10.2. The largest absolute Gasteiger partial charge is 0.480 e. The number of carboxylic acids is 1. The van der Waals surface area contributed by atoms with Gasteiger partial charge in [-0.2, -0.15) is 0 Å². The number of carboxylic acid groups (broad SMARTS) is 1. The van der Waals surface area contributed by atoms with Crippen LogP contribution in [-0.2, 0) is 4.79 Å². The van der Waals surface area contributed by atoms with Crippen molar-refractivity contribution in [3.63, 3.8) is 0 Å². The first kappa shape index (κ1) is 14.3.